The molecule has 0 aromatic heterocycles. The second-order valence-electron chi connectivity index (χ2n) is 3.75. The van der Waals surface area contributed by atoms with Crippen molar-refractivity contribution >= 4 is 0 Å². The van der Waals surface area contributed by atoms with E-state index in [-0.39, 0.29) is 5.56 Å². The van der Waals surface area contributed by atoms with Crippen LogP contribution in [0.1, 0.15) is 5.56 Å². The van der Waals surface area contributed by atoms with E-state index in [0.717, 1.165) is 6.07 Å². The van der Waals surface area contributed by atoms with Gasteiger partial charge in [-0.1, -0.05) is 30.3 Å². The zero-order valence-electron chi connectivity index (χ0n) is 9.07. The van der Waals surface area contributed by atoms with Crippen molar-refractivity contribution in [2.45, 2.75) is 6.18 Å². The molecule has 0 heterocycles. The van der Waals surface area contributed by atoms with Crippen LogP contribution in [0.15, 0.2) is 42.5 Å². The standard InChI is InChI=1S/C13H9F3O2/c14-13(15,16)11-7-9(17)6-10(12(11)18)8-4-2-1-3-5-8/h1-7,17-18H. The predicted octanol–water partition coefficient (Wildman–Crippen LogP) is 3.78. The fourth-order valence-corrected chi connectivity index (χ4v) is 1.67. The molecule has 2 rings (SSSR count). The van der Waals surface area contributed by atoms with E-state index < -0.39 is 23.2 Å². The van der Waals surface area contributed by atoms with Crippen molar-refractivity contribution in [1.29, 1.82) is 0 Å². The Kier molecular flexibility index (Phi) is 2.90. The van der Waals surface area contributed by atoms with Crippen molar-refractivity contribution < 1.29 is 23.4 Å². The van der Waals surface area contributed by atoms with E-state index in [0.29, 0.717) is 11.6 Å². The molecule has 0 spiro atoms. The first-order valence-corrected chi connectivity index (χ1v) is 5.08. The first kappa shape index (κ1) is 12.3. The Balaban J connectivity index is 2.67. The molecular weight excluding hydrogens is 245 g/mol. The van der Waals surface area contributed by atoms with Gasteiger partial charge in [0.25, 0.3) is 0 Å². The summed E-state index contributed by atoms with van der Waals surface area (Å²) >= 11 is 0. The molecule has 0 aliphatic rings. The van der Waals surface area contributed by atoms with E-state index in [1.54, 1.807) is 30.3 Å². The van der Waals surface area contributed by atoms with E-state index in [1.165, 1.54) is 0 Å². The number of phenols is 2. The minimum Gasteiger partial charge on any atom is -0.508 e. The third-order valence-corrected chi connectivity index (χ3v) is 2.48. The van der Waals surface area contributed by atoms with Crippen molar-refractivity contribution in [2.75, 3.05) is 0 Å². The van der Waals surface area contributed by atoms with Crippen LogP contribution >= 0.6 is 0 Å². The zero-order chi connectivity index (χ0) is 13.3. The van der Waals surface area contributed by atoms with Crippen LogP contribution in [0.2, 0.25) is 0 Å². The predicted molar refractivity (Wildman–Crippen MR) is 60.2 cm³/mol. The van der Waals surface area contributed by atoms with Gasteiger partial charge in [-0.3, -0.25) is 0 Å². The van der Waals surface area contributed by atoms with Crippen LogP contribution < -0.4 is 0 Å². The lowest BCUT2D eigenvalue weighted by molar-refractivity contribution is -0.138. The number of rotatable bonds is 1. The molecular formula is C13H9F3O2. The van der Waals surface area contributed by atoms with Crippen molar-refractivity contribution in [2.24, 2.45) is 0 Å². The average molecular weight is 254 g/mol. The molecule has 5 heteroatoms. The summed E-state index contributed by atoms with van der Waals surface area (Å²) in [6.45, 7) is 0. The Morgan fingerprint density at radius 3 is 2.06 bits per heavy atom. The lowest BCUT2D eigenvalue weighted by Gasteiger charge is -2.13. The molecule has 2 aromatic rings. The molecule has 2 aromatic carbocycles. The molecule has 18 heavy (non-hydrogen) atoms. The van der Waals surface area contributed by atoms with Crippen LogP contribution in [0, 0.1) is 0 Å². The molecule has 0 bridgehead atoms. The third-order valence-electron chi connectivity index (χ3n) is 2.48. The number of phenolic OH excluding ortho intramolecular Hbond substituents is 2. The first-order valence-electron chi connectivity index (χ1n) is 5.08. The highest BCUT2D eigenvalue weighted by Gasteiger charge is 2.35. The SMILES string of the molecule is Oc1cc(-c2ccccc2)c(O)c(C(F)(F)F)c1. The summed E-state index contributed by atoms with van der Waals surface area (Å²) < 4.78 is 38.0. The Labute approximate surface area is 101 Å². The number of alkyl halides is 3. The number of hydrogen-bond donors (Lipinski definition) is 2. The Hall–Kier alpha value is -2.17. The van der Waals surface area contributed by atoms with Crippen molar-refractivity contribution in [3.05, 3.63) is 48.0 Å². The maximum atomic E-state index is 12.7. The highest BCUT2D eigenvalue weighted by atomic mass is 19.4. The van der Waals surface area contributed by atoms with Crippen molar-refractivity contribution in [3.8, 4) is 22.6 Å². The maximum Gasteiger partial charge on any atom is 0.420 e. The van der Waals surface area contributed by atoms with Gasteiger partial charge < -0.3 is 10.2 Å². The minimum absolute atomic E-state index is 0.0528. The van der Waals surface area contributed by atoms with Crippen LogP contribution in [-0.2, 0) is 6.18 Å². The van der Waals surface area contributed by atoms with Gasteiger partial charge in [-0.15, -0.1) is 0 Å². The van der Waals surface area contributed by atoms with Crippen LogP contribution in [0.5, 0.6) is 11.5 Å². The lowest BCUT2D eigenvalue weighted by Crippen LogP contribution is -2.05. The topological polar surface area (TPSA) is 40.5 Å². The fourth-order valence-electron chi connectivity index (χ4n) is 1.67. The fraction of sp³-hybridized carbons (Fsp3) is 0.0769. The Morgan fingerprint density at radius 1 is 0.889 bits per heavy atom. The first-order chi connectivity index (χ1) is 8.39. The van der Waals surface area contributed by atoms with Gasteiger partial charge in [-0.25, -0.2) is 0 Å². The van der Waals surface area contributed by atoms with Gasteiger partial charge >= 0.3 is 6.18 Å². The van der Waals surface area contributed by atoms with E-state index in [2.05, 4.69) is 0 Å². The van der Waals surface area contributed by atoms with Gasteiger partial charge in [0.2, 0.25) is 0 Å². The molecule has 0 amide bonds. The molecule has 0 unspecified atom stereocenters. The van der Waals surface area contributed by atoms with Crippen molar-refractivity contribution in [1.82, 2.24) is 0 Å². The smallest absolute Gasteiger partial charge is 0.420 e. The Bertz CT molecular complexity index is 562. The number of benzene rings is 2. The summed E-state index contributed by atoms with van der Waals surface area (Å²) in [6, 6.07) is 9.66. The maximum absolute atomic E-state index is 12.7. The number of halogens is 3. The largest absolute Gasteiger partial charge is 0.508 e. The second-order valence-corrected chi connectivity index (χ2v) is 3.75. The van der Waals surface area contributed by atoms with E-state index in [9.17, 15) is 23.4 Å². The summed E-state index contributed by atoms with van der Waals surface area (Å²) in [5, 5.41) is 19.0. The minimum atomic E-state index is -4.72. The van der Waals surface area contributed by atoms with Crippen LogP contribution in [0.3, 0.4) is 0 Å². The second kappa shape index (κ2) is 4.25. The van der Waals surface area contributed by atoms with E-state index in [1.807, 2.05) is 0 Å². The van der Waals surface area contributed by atoms with Gasteiger partial charge in [-0.05, 0) is 17.7 Å². The summed E-state index contributed by atoms with van der Waals surface area (Å²) in [6.07, 6.45) is -4.72. The normalized spacial score (nSPS) is 11.5. The molecule has 0 atom stereocenters. The highest BCUT2D eigenvalue weighted by Crippen LogP contribution is 2.43. The van der Waals surface area contributed by atoms with Gasteiger partial charge in [-0.2, -0.15) is 13.2 Å². The average Bonchev–Trinajstić information content (AvgIpc) is 2.31. The zero-order valence-corrected chi connectivity index (χ0v) is 9.07. The third kappa shape index (κ3) is 2.25. The van der Waals surface area contributed by atoms with Crippen LogP contribution in [-0.4, -0.2) is 10.2 Å². The molecule has 0 saturated carbocycles. The molecule has 0 radical (unpaired) electrons. The molecule has 0 aliphatic heterocycles. The molecule has 2 nitrogen and oxygen atoms in total. The number of aromatic hydroxyl groups is 2. The molecule has 0 fully saturated rings. The monoisotopic (exact) mass is 254 g/mol. The molecule has 0 saturated heterocycles. The number of hydrogen-bond acceptors (Lipinski definition) is 2. The summed E-state index contributed by atoms with van der Waals surface area (Å²) in [7, 11) is 0. The van der Waals surface area contributed by atoms with E-state index >= 15 is 0 Å². The van der Waals surface area contributed by atoms with Gasteiger partial charge in [0.15, 0.2) is 0 Å². The summed E-state index contributed by atoms with van der Waals surface area (Å²) in [5.41, 5.74) is -0.902. The van der Waals surface area contributed by atoms with Gasteiger partial charge in [0.1, 0.15) is 17.1 Å². The van der Waals surface area contributed by atoms with Gasteiger partial charge in [0, 0.05) is 5.56 Å². The summed E-state index contributed by atoms with van der Waals surface area (Å²) in [5.74, 6) is -1.43. The lowest BCUT2D eigenvalue weighted by atomic mass is 10.0. The van der Waals surface area contributed by atoms with E-state index in [4.69, 9.17) is 0 Å². The highest BCUT2D eigenvalue weighted by molar-refractivity contribution is 5.73. The van der Waals surface area contributed by atoms with Crippen molar-refractivity contribution in [3.63, 3.8) is 0 Å². The summed E-state index contributed by atoms with van der Waals surface area (Å²) in [4.78, 5) is 0. The van der Waals surface area contributed by atoms with Crippen LogP contribution in [0.4, 0.5) is 13.2 Å². The Morgan fingerprint density at radius 2 is 1.50 bits per heavy atom. The molecule has 94 valence electrons. The van der Waals surface area contributed by atoms with Gasteiger partial charge in [0.05, 0.1) is 0 Å². The molecule has 2 N–H and O–H groups in total. The molecule has 0 aliphatic carbocycles. The quantitative estimate of drug-likeness (QED) is 0.760. The van der Waals surface area contributed by atoms with Crippen LogP contribution in [0.25, 0.3) is 11.1 Å².